The Hall–Kier alpha value is -12.2. The predicted molar refractivity (Wildman–Crippen MR) is 454 cm³/mol. The first-order valence-corrected chi connectivity index (χ1v) is 39.4. The van der Waals surface area contributed by atoms with E-state index in [9.17, 15) is 78.7 Å². The van der Waals surface area contributed by atoms with Gasteiger partial charge >= 0.3 is 30.1 Å². The minimum absolute atomic E-state index is 0.0189. The van der Waals surface area contributed by atoms with Crippen molar-refractivity contribution < 1.29 is 106 Å². The van der Waals surface area contributed by atoms with Crippen molar-refractivity contribution in [3.63, 3.8) is 0 Å². The second-order valence-corrected chi connectivity index (χ2v) is 31.2. The number of nitrogens with one attached hydrogen (secondary N) is 2. The van der Waals surface area contributed by atoms with Gasteiger partial charge in [-0.2, -0.15) is 10.1 Å². The van der Waals surface area contributed by atoms with E-state index in [4.69, 9.17) is 43.6 Å². The highest BCUT2D eigenvalue weighted by Gasteiger charge is 2.36. The van der Waals surface area contributed by atoms with Crippen molar-refractivity contribution in [2.24, 2.45) is 11.7 Å². The van der Waals surface area contributed by atoms with Gasteiger partial charge in [-0.15, -0.1) is 0 Å². The zero-order valence-electron chi connectivity index (χ0n) is 66.8. The first kappa shape index (κ1) is 96.6. The fourth-order valence-electron chi connectivity index (χ4n) is 10.5. The van der Waals surface area contributed by atoms with Crippen LogP contribution in [0, 0.1) is 42.1 Å². The van der Waals surface area contributed by atoms with E-state index < -0.39 is 91.4 Å². The van der Waals surface area contributed by atoms with Gasteiger partial charge in [-0.25, -0.2) is 18.8 Å². The van der Waals surface area contributed by atoms with Gasteiger partial charge in [-0.3, -0.25) is 59.9 Å². The lowest BCUT2D eigenvalue weighted by atomic mass is 9.98. The van der Waals surface area contributed by atoms with Gasteiger partial charge < -0.3 is 59.0 Å². The monoisotopic (exact) mass is 1900 g/mol. The van der Waals surface area contributed by atoms with Crippen molar-refractivity contribution >= 4 is 125 Å². The molecule has 0 bridgehead atoms. The number of ether oxygens (including phenoxy) is 9. The third kappa shape index (κ3) is 32.2. The molecule has 0 saturated carbocycles. The quantitative estimate of drug-likeness (QED) is 0.00900. The van der Waals surface area contributed by atoms with E-state index in [-0.39, 0.29) is 58.3 Å². The van der Waals surface area contributed by atoms with Gasteiger partial charge in [0, 0.05) is 47.1 Å². The number of para-hydroxylation sites is 4. The van der Waals surface area contributed by atoms with Crippen LogP contribution < -0.4 is 45.4 Å². The Morgan fingerprint density at radius 2 is 0.883 bits per heavy atom. The zero-order chi connectivity index (χ0) is 88.8. The normalized spacial score (nSPS) is 13.6. The molecule has 0 unspecified atom stereocenters. The standard InChI is InChI=1S/C21H24N2O7.C20H22N2O5.C15H14N2O3.C12H8BrNO3.C10H17IO4.C6H3BrFNO2/c1-21(2,3)30-20(25)22-17(19(24)28-4)13-14-12-16(10-11-18(14)23(26)27)29-15-8-6-5-7-9-15;1-20(2,3)27-19(24)21-16-12-13-11-15(26-14-7-5-4-6-8-14)9-10-17(13)22(25)18(16)23;16-13-9-10-8-12(20-11-4-2-1-3-5-11)6-7-14(10)17(19)15(13)18;13-11-8-10(6-7-12(11)14(15)16)17-9-4-2-1-3-5-9;1-10(2,3)15-8(12)5-7(6-11)9(13)14-4;7-5-3-4(8)1-2-6(5)9(10)11/h5-12,17H,13H2,1-4H3,(H,22,25);4-11,16,25H,12H2,1-3H3,(H,21,24);1-8,13,19H,9,16H2;1-8H;7H,5-6H2,1-4H3;1-3H/t17-;16-;13-;;7-;/m000.0./s1. The highest BCUT2D eigenvalue weighted by atomic mass is 127. The van der Waals surface area contributed by atoms with Gasteiger partial charge in [-0.05, 0) is 227 Å². The Balaban J connectivity index is 0.000000230. The van der Waals surface area contributed by atoms with E-state index >= 15 is 0 Å². The van der Waals surface area contributed by atoms with Crippen molar-refractivity contribution in [1.82, 2.24) is 10.6 Å². The van der Waals surface area contributed by atoms with Crippen molar-refractivity contribution in [2.45, 2.75) is 123 Å². The summed E-state index contributed by atoms with van der Waals surface area (Å²) in [5, 5.41) is 58.3. The molecule has 32 nitrogen and oxygen atoms in total. The number of nitrogens with zero attached hydrogens (tertiary/aromatic N) is 5. The second kappa shape index (κ2) is 45.6. The number of benzene rings is 9. The number of carbonyl (C=O) groups excluding carboxylic acids is 7. The molecule has 0 saturated heterocycles. The molecule has 0 radical (unpaired) electrons. The van der Waals surface area contributed by atoms with E-state index in [0.717, 1.165) is 36.6 Å². The number of fused-ring (bicyclic) bond motifs is 2. The van der Waals surface area contributed by atoms with Gasteiger partial charge in [0.25, 0.3) is 28.9 Å². The van der Waals surface area contributed by atoms with E-state index in [1.165, 1.54) is 31.4 Å². The van der Waals surface area contributed by atoms with E-state index in [0.29, 0.717) is 82.6 Å². The lowest BCUT2D eigenvalue weighted by molar-refractivity contribution is -0.385. The molecule has 6 N–H and O–H groups in total. The number of halogens is 4. The minimum Gasteiger partial charge on any atom is -0.469 e. The third-order valence-electron chi connectivity index (χ3n) is 15.7. The van der Waals surface area contributed by atoms with Gasteiger partial charge in [0.05, 0.1) is 67.7 Å². The Morgan fingerprint density at radius 3 is 1.28 bits per heavy atom. The summed E-state index contributed by atoms with van der Waals surface area (Å²) < 4.78 is 61.0. The number of amides is 4. The number of carbonyl (C=O) groups is 7. The topological polar surface area (TPSA) is 429 Å². The smallest absolute Gasteiger partial charge is 0.408 e. The molecular formula is C84H88Br2FIN8O24. The van der Waals surface area contributed by atoms with Crippen LogP contribution in [0.4, 0.5) is 42.4 Å². The third-order valence-corrected chi connectivity index (χ3v) is 18.0. The first-order chi connectivity index (χ1) is 56.5. The zero-order valence-corrected chi connectivity index (χ0v) is 72.1. The molecule has 2 aliphatic rings. The summed E-state index contributed by atoms with van der Waals surface area (Å²) in [7, 11) is 2.48. The Bertz CT molecular complexity index is 5030. The Morgan fingerprint density at radius 1 is 0.508 bits per heavy atom. The second-order valence-electron chi connectivity index (χ2n) is 28.6. The maximum atomic E-state index is 12.4. The van der Waals surface area contributed by atoms with Crippen molar-refractivity contribution in [3.8, 4) is 46.0 Å². The average molecular weight is 1900 g/mol. The molecule has 11 rings (SSSR count). The summed E-state index contributed by atoms with van der Waals surface area (Å²) in [5.74, 6) is 1.24. The largest absolute Gasteiger partial charge is 0.469 e. The average Bonchev–Trinajstić information content (AvgIpc) is 0.798. The number of anilines is 2. The van der Waals surface area contributed by atoms with Crippen molar-refractivity contribution in [3.05, 3.63) is 274 Å². The van der Waals surface area contributed by atoms with Crippen LogP contribution in [-0.2, 0) is 66.9 Å². The number of alkyl carbamates (subject to hydrolysis) is 2. The molecule has 4 atom stereocenters. The maximum Gasteiger partial charge on any atom is 0.408 e. The molecular weight excluding hydrogens is 1810 g/mol. The molecule has 0 aromatic heterocycles. The molecule has 9 aromatic rings. The first-order valence-electron chi connectivity index (χ1n) is 36.3. The van der Waals surface area contributed by atoms with Crippen LogP contribution >= 0.6 is 54.5 Å². The summed E-state index contributed by atoms with van der Waals surface area (Å²) >= 11 is 8.06. The van der Waals surface area contributed by atoms with Crippen molar-refractivity contribution in [2.75, 3.05) is 28.8 Å². The summed E-state index contributed by atoms with van der Waals surface area (Å²) in [6.07, 6.45) is -1.05. The minimum atomic E-state index is -1.18. The number of nitro benzene ring substituents is 3. The molecule has 0 fully saturated rings. The van der Waals surface area contributed by atoms with Crippen LogP contribution in [0.3, 0.4) is 0 Å². The van der Waals surface area contributed by atoms with Gasteiger partial charge in [-0.1, -0.05) is 95.4 Å². The number of hydroxylamine groups is 2. The van der Waals surface area contributed by atoms with Gasteiger partial charge in [0.2, 0.25) is 0 Å². The summed E-state index contributed by atoms with van der Waals surface area (Å²) in [4.78, 5) is 114. The van der Waals surface area contributed by atoms with Crippen LogP contribution in [0.2, 0.25) is 0 Å². The van der Waals surface area contributed by atoms with Crippen LogP contribution in [-0.4, -0.2) is 121 Å². The number of nitro groups is 3. The summed E-state index contributed by atoms with van der Waals surface area (Å²) in [6.45, 7) is 15.6. The number of rotatable bonds is 20. The number of alkyl halides is 1. The van der Waals surface area contributed by atoms with Gasteiger partial charge in [0.15, 0.2) is 0 Å². The van der Waals surface area contributed by atoms with E-state index in [1.807, 2.05) is 97.1 Å². The summed E-state index contributed by atoms with van der Waals surface area (Å²) in [5.41, 5.74) is 5.87. The fourth-order valence-corrected chi connectivity index (χ4v) is 12.1. The number of methoxy groups -OCH3 is 2. The molecule has 120 heavy (non-hydrogen) atoms. The van der Waals surface area contributed by atoms with Crippen LogP contribution in [0.5, 0.6) is 46.0 Å². The predicted octanol–water partition coefficient (Wildman–Crippen LogP) is 18.3. The number of hydrogen-bond donors (Lipinski definition) is 5. The van der Waals surface area contributed by atoms with E-state index in [1.54, 1.807) is 135 Å². The summed E-state index contributed by atoms with van der Waals surface area (Å²) in [6, 6.07) is 56.1. The lowest BCUT2D eigenvalue weighted by Gasteiger charge is -2.31. The molecule has 0 spiro atoms. The van der Waals surface area contributed by atoms with E-state index in [2.05, 4.69) is 69.8 Å². The molecule has 636 valence electrons. The maximum absolute atomic E-state index is 12.4. The Kier molecular flexibility index (Phi) is 36.7. The van der Waals surface area contributed by atoms with Crippen LogP contribution in [0.1, 0.15) is 85.4 Å². The van der Waals surface area contributed by atoms with Gasteiger partial charge in [0.1, 0.15) is 80.7 Å². The molecule has 4 amide bonds. The van der Waals surface area contributed by atoms with Crippen LogP contribution in [0.25, 0.3) is 0 Å². The lowest BCUT2D eigenvalue weighted by Crippen LogP contribution is -2.52. The number of esters is 3. The molecule has 2 aliphatic heterocycles. The highest BCUT2D eigenvalue weighted by molar-refractivity contribution is 14.1. The molecule has 9 aromatic carbocycles. The van der Waals surface area contributed by atoms with Crippen molar-refractivity contribution in [1.29, 1.82) is 0 Å². The number of nitrogens with two attached hydrogens (primary N) is 1. The molecule has 0 aliphatic carbocycles. The SMILES string of the molecule is CC(C)(C)OC(=O)N[C@H]1Cc2cc(Oc3ccccc3)ccc2N(O)C1=O.COC(=O)[C@H](CI)CC(=O)OC(C)(C)C.COC(=O)[C@H](Cc1cc(Oc2ccccc2)ccc1[N+](=O)[O-])NC(=O)OC(C)(C)C.N[C@H]1Cc2cc(Oc3ccccc3)ccc2N(O)C1=O.O=[N+]([O-])c1ccc(F)cc1Br.O=[N+]([O-])c1ccc(Oc2ccccc2)cc1Br. The number of hydrogen-bond acceptors (Lipinski definition) is 25. The Labute approximate surface area is 720 Å². The fraction of sp³-hybridized carbons (Fsp3) is 0.274. The van der Waals surface area contributed by atoms with Crippen LogP contribution in [0.15, 0.2) is 221 Å². The highest BCUT2D eigenvalue weighted by Crippen LogP contribution is 2.37. The molecule has 2 heterocycles. The molecule has 36 heteroatoms.